The first-order valence-electron chi connectivity index (χ1n) is 6.16. The maximum atomic E-state index is 12.4. The Balaban J connectivity index is 2.12. The second-order valence-corrected chi connectivity index (χ2v) is 5.70. The predicted octanol–water partition coefficient (Wildman–Crippen LogP) is 2.01. The van der Waals surface area contributed by atoms with E-state index in [1.54, 1.807) is 6.20 Å². The number of hydrogen-bond donors (Lipinski definition) is 0. The lowest BCUT2D eigenvalue weighted by Gasteiger charge is -2.36. The molecule has 1 fully saturated rings. The topological polar surface area (TPSA) is 36.4 Å². The van der Waals surface area contributed by atoms with Crippen molar-refractivity contribution < 1.29 is 4.79 Å². The van der Waals surface area contributed by atoms with Gasteiger partial charge in [0.1, 0.15) is 5.69 Å². The summed E-state index contributed by atoms with van der Waals surface area (Å²) in [5.41, 5.74) is 0.511. The number of pyridine rings is 1. The highest BCUT2D eigenvalue weighted by atomic mass is 79.9. The zero-order valence-electron chi connectivity index (χ0n) is 10.8. The summed E-state index contributed by atoms with van der Waals surface area (Å²) in [6.07, 6.45) is 3.87. The molecule has 0 spiro atoms. The summed E-state index contributed by atoms with van der Waals surface area (Å²) in [6.45, 7) is 1.61. The highest BCUT2D eigenvalue weighted by Crippen LogP contribution is 2.19. The zero-order chi connectivity index (χ0) is 13.1. The highest BCUT2D eigenvalue weighted by molar-refractivity contribution is 9.10. The second-order valence-electron chi connectivity index (χ2n) is 4.84. The number of halogens is 1. The van der Waals surface area contributed by atoms with Crippen molar-refractivity contribution in [3.8, 4) is 0 Å². The minimum atomic E-state index is 0.0222. The average Bonchev–Trinajstić information content (AvgIpc) is 2.38. The molecular formula is C13H18BrN3O. The Kier molecular flexibility index (Phi) is 4.35. The fraction of sp³-hybridized carbons (Fsp3) is 0.538. The van der Waals surface area contributed by atoms with E-state index < -0.39 is 0 Å². The quantitative estimate of drug-likeness (QED) is 0.838. The van der Waals surface area contributed by atoms with Gasteiger partial charge in [-0.15, -0.1) is 0 Å². The van der Waals surface area contributed by atoms with Crippen molar-refractivity contribution in [1.29, 1.82) is 0 Å². The molecule has 4 nitrogen and oxygen atoms in total. The van der Waals surface area contributed by atoms with Crippen LogP contribution in [0.25, 0.3) is 0 Å². The van der Waals surface area contributed by atoms with Gasteiger partial charge in [-0.3, -0.25) is 4.79 Å². The Morgan fingerprint density at radius 3 is 3.00 bits per heavy atom. The summed E-state index contributed by atoms with van der Waals surface area (Å²) in [4.78, 5) is 20.7. The van der Waals surface area contributed by atoms with E-state index in [1.165, 1.54) is 0 Å². The standard InChI is InChI=1S/C13H18BrN3O/c1-16(2)10-5-4-8-17(9-10)13(18)12-11(14)6-3-7-15-12/h3,6-7,10H,4-5,8-9H2,1-2H3. The molecular weight excluding hydrogens is 294 g/mol. The molecule has 2 rings (SSSR count). The molecule has 0 saturated carbocycles. The van der Waals surface area contributed by atoms with E-state index >= 15 is 0 Å². The molecule has 1 aliphatic rings. The summed E-state index contributed by atoms with van der Waals surface area (Å²) in [6, 6.07) is 4.12. The Hall–Kier alpha value is -0.940. The molecule has 1 saturated heterocycles. The first kappa shape index (κ1) is 13.5. The van der Waals surface area contributed by atoms with Gasteiger partial charge in [0.15, 0.2) is 0 Å². The van der Waals surface area contributed by atoms with Crippen molar-refractivity contribution in [2.75, 3.05) is 27.2 Å². The number of amides is 1. The van der Waals surface area contributed by atoms with Crippen LogP contribution in [0, 0.1) is 0 Å². The van der Waals surface area contributed by atoms with Gasteiger partial charge in [0, 0.05) is 29.8 Å². The Morgan fingerprint density at radius 1 is 1.56 bits per heavy atom. The van der Waals surface area contributed by atoms with E-state index in [2.05, 4.69) is 39.9 Å². The number of likely N-dealkylation sites (tertiary alicyclic amines) is 1. The van der Waals surface area contributed by atoms with Crippen LogP contribution in [-0.2, 0) is 0 Å². The first-order chi connectivity index (χ1) is 8.59. The molecule has 1 aromatic rings. The van der Waals surface area contributed by atoms with Gasteiger partial charge in [-0.25, -0.2) is 4.98 Å². The van der Waals surface area contributed by atoms with Crippen molar-refractivity contribution in [2.45, 2.75) is 18.9 Å². The van der Waals surface area contributed by atoms with Crippen molar-refractivity contribution >= 4 is 21.8 Å². The van der Waals surface area contributed by atoms with Gasteiger partial charge < -0.3 is 9.80 Å². The summed E-state index contributed by atoms with van der Waals surface area (Å²) in [5, 5.41) is 0. The number of aromatic nitrogens is 1. The smallest absolute Gasteiger partial charge is 0.273 e. The van der Waals surface area contributed by atoms with Gasteiger partial charge in [-0.1, -0.05) is 0 Å². The van der Waals surface area contributed by atoms with Crippen molar-refractivity contribution in [2.24, 2.45) is 0 Å². The van der Waals surface area contributed by atoms with E-state index in [1.807, 2.05) is 17.0 Å². The molecule has 0 radical (unpaired) electrons. The average molecular weight is 312 g/mol. The largest absolute Gasteiger partial charge is 0.336 e. The maximum Gasteiger partial charge on any atom is 0.273 e. The molecule has 0 bridgehead atoms. The van der Waals surface area contributed by atoms with Crippen LogP contribution in [0.15, 0.2) is 22.8 Å². The van der Waals surface area contributed by atoms with E-state index in [4.69, 9.17) is 0 Å². The minimum Gasteiger partial charge on any atom is -0.336 e. The molecule has 1 aromatic heterocycles. The lowest BCUT2D eigenvalue weighted by atomic mass is 10.0. The molecule has 1 amide bonds. The van der Waals surface area contributed by atoms with Crippen molar-refractivity contribution in [3.63, 3.8) is 0 Å². The van der Waals surface area contributed by atoms with Gasteiger partial charge in [0.05, 0.1) is 0 Å². The number of piperidine rings is 1. The fourth-order valence-corrected chi connectivity index (χ4v) is 2.68. The fourth-order valence-electron chi connectivity index (χ4n) is 2.25. The lowest BCUT2D eigenvalue weighted by Crippen LogP contribution is -2.47. The highest BCUT2D eigenvalue weighted by Gasteiger charge is 2.26. The normalized spacial score (nSPS) is 20.2. The number of carbonyl (C=O) groups excluding carboxylic acids is 1. The molecule has 98 valence electrons. The molecule has 0 N–H and O–H groups in total. The monoisotopic (exact) mass is 311 g/mol. The Labute approximate surface area is 116 Å². The summed E-state index contributed by atoms with van der Waals surface area (Å²) in [7, 11) is 4.13. The number of nitrogens with zero attached hydrogens (tertiary/aromatic N) is 3. The van der Waals surface area contributed by atoms with Crippen molar-refractivity contribution in [3.05, 3.63) is 28.5 Å². The van der Waals surface area contributed by atoms with Crippen LogP contribution in [0.1, 0.15) is 23.3 Å². The van der Waals surface area contributed by atoms with E-state index in [0.717, 1.165) is 30.4 Å². The van der Waals surface area contributed by atoms with Crippen LogP contribution in [0.5, 0.6) is 0 Å². The van der Waals surface area contributed by atoms with E-state index in [-0.39, 0.29) is 5.91 Å². The number of rotatable bonds is 2. The van der Waals surface area contributed by atoms with Crippen LogP contribution in [0.4, 0.5) is 0 Å². The van der Waals surface area contributed by atoms with Gasteiger partial charge >= 0.3 is 0 Å². The Morgan fingerprint density at radius 2 is 2.33 bits per heavy atom. The third-order valence-electron chi connectivity index (χ3n) is 3.38. The van der Waals surface area contributed by atoms with Crippen LogP contribution in [-0.4, -0.2) is 53.9 Å². The van der Waals surface area contributed by atoms with Crippen LogP contribution >= 0.6 is 15.9 Å². The third-order valence-corrected chi connectivity index (χ3v) is 4.01. The number of likely N-dealkylation sites (N-methyl/N-ethyl adjacent to an activating group) is 1. The van der Waals surface area contributed by atoms with Crippen LogP contribution < -0.4 is 0 Å². The van der Waals surface area contributed by atoms with Gasteiger partial charge in [0.2, 0.25) is 0 Å². The van der Waals surface area contributed by atoms with E-state index in [0.29, 0.717) is 11.7 Å². The third kappa shape index (κ3) is 2.90. The van der Waals surface area contributed by atoms with Crippen LogP contribution in [0.2, 0.25) is 0 Å². The zero-order valence-corrected chi connectivity index (χ0v) is 12.4. The first-order valence-corrected chi connectivity index (χ1v) is 6.95. The van der Waals surface area contributed by atoms with Gasteiger partial charge in [0.25, 0.3) is 5.91 Å². The molecule has 0 aromatic carbocycles. The van der Waals surface area contributed by atoms with Gasteiger partial charge in [-0.05, 0) is 55.0 Å². The van der Waals surface area contributed by atoms with Gasteiger partial charge in [-0.2, -0.15) is 0 Å². The Bertz CT molecular complexity index is 436. The molecule has 2 heterocycles. The number of hydrogen-bond acceptors (Lipinski definition) is 3. The summed E-state index contributed by atoms with van der Waals surface area (Å²) < 4.78 is 0.766. The summed E-state index contributed by atoms with van der Waals surface area (Å²) in [5.74, 6) is 0.0222. The maximum absolute atomic E-state index is 12.4. The van der Waals surface area contributed by atoms with Crippen molar-refractivity contribution in [1.82, 2.24) is 14.8 Å². The molecule has 5 heteroatoms. The SMILES string of the molecule is CN(C)C1CCCN(C(=O)c2ncccc2Br)C1. The molecule has 18 heavy (non-hydrogen) atoms. The molecule has 1 unspecified atom stereocenters. The molecule has 1 atom stereocenters. The number of carbonyl (C=O) groups is 1. The van der Waals surface area contributed by atoms with E-state index in [9.17, 15) is 4.79 Å². The molecule has 1 aliphatic heterocycles. The molecule has 0 aliphatic carbocycles. The minimum absolute atomic E-state index is 0.0222. The predicted molar refractivity (Wildman–Crippen MR) is 74.5 cm³/mol. The lowest BCUT2D eigenvalue weighted by molar-refractivity contribution is 0.0628. The summed E-state index contributed by atoms with van der Waals surface area (Å²) >= 11 is 3.39. The second kappa shape index (κ2) is 5.80. The van der Waals surface area contributed by atoms with Crippen LogP contribution in [0.3, 0.4) is 0 Å².